The smallest absolute Gasteiger partial charge is 0.313 e. The van der Waals surface area contributed by atoms with Crippen molar-refractivity contribution in [2.75, 3.05) is 11.6 Å². The van der Waals surface area contributed by atoms with E-state index in [1.165, 1.54) is 4.68 Å². The van der Waals surface area contributed by atoms with Gasteiger partial charge in [-0.2, -0.15) is 0 Å². The average Bonchev–Trinajstić information content (AvgIpc) is 2.68. The predicted molar refractivity (Wildman–Crippen MR) is 76.7 cm³/mol. The first kappa shape index (κ1) is 13.1. The second-order valence-corrected chi connectivity index (χ2v) is 5.56. The Balaban J connectivity index is 2.28. The first-order chi connectivity index (χ1) is 8.58. The molecule has 2 rings (SSSR count). The van der Waals surface area contributed by atoms with E-state index in [0.29, 0.717) is 11.0 Å². The number of halogens is 1. The molecule has 18 heavy (non-hydrogen) atoms. The molecule has 0 unspecified atom stereocenters. The van der Waals surface area contributed by atoms with Gasteiger partial charge in [-0.15, -0.1) is 10.2 Å². The summed E-state index contributed by atoms with van der Waals surface area (Å²) in [5, 5.41) is 16.8. The topological polar surface area (TPSA) is 94.0 Å². The Bertz CT molecular complexity index is 587. The molecule has 94 valence electrons. The summed E-state index contributed by atoms with van der Waals surface area (Å²) in [6.45, 7) is 0. The molecule has 2 aromatic rings. The van der Waals surface area contributed by atoms with E-state index in [1.807, 2.05) is 24.3 Å². The zero-order valence-corrected chi connectivity index (χ0v) is 12.1. The Morgan fingerprint density at radius 1 is 1.50 bits per heavy atom. The standard InChI is InChI=1S/C10H9IN4O2S/c11-7-3-1-2-6(4-7)9-13-14-10(15(9)12)18-5-8(16)17/h1-4H,5,12H2,(H,16,17). The van der Waals surface area contributed by atoms with Crippen molar-refractivity contribution >= 4 is 40.3 Å². The number of carbonyl (C=O) groups is 1. The maximum atomic E-state index is 10.5. The number of aliphatic carboxylic acids is 1. The molecule has 1 aromatic carbocycles. The quantitative estimate of drug-likeness (QED) is 0.477. The van der Waals surface area contributed by atoms with Gasteiger partial charge in [0.25, 0.3) is 0 Å². The lowest BCUT2D eigenvalue weighted by atomic mass is 10.2. The lowest BCUT2D eigenvalue weighted by molar-refractivity contribution is -0.133. The second-order valence-electron chi connectivity index (χ2n) is 3.37. The van der Waals surface area contributed by atoms with Crippen LogP contribution in [-0.4, -0.2) is 31.7 Å². The van der Waals surface area contributed by atoms with Crippen molar-refractivity contribution < 1.29 is 9.90 Å². The minimum atomic E-state index is -0.918. The third-order valence-corrected chi connectivity index (χ3v) is 3.67. The van der Waals surface area contributed by atoms with E-state index < -0.39 is 5.97 Å². The van der Waals surface area contributed by atoms with Gasteiger partial charge in [0.1, 0.15) is 0 Å². The number of carboxylic acids is 1. The van der Waals surface area contributed by atoms with Crippen LogP contribution in [0.25, 0.3) is 11.4 Å². The number of nitrogens with two attached hydrogens (primary N) is 1. The minimum absolute atomic E-state index is 0.0956. The second kappa shape index (κ2) is 5.57. The van der Waals surface area contributed by atoms with E-state index in [1.54, 1.807) is 0 Å². The SMILES string of the molecule is Nn1c(SCC(=O)O)nnc1-c1cccc(I)c1. The summed E-state index contributed by atoms with van der Waals surface area (Å²) in [5.41, 5.74) is 0.846. The van der Waals surface area contributed by atoms with Gasteiger partial charge in [0.05, 0.1) is 5.75 Å². The van der Waals surface area contributed by atoms with Crippen LogP contribution >= 0.6 is 34.4 Å². The highest BCUT2D eigenvalue weighted by Crippen LogP contribution is 2.22. The van der Waals surface area contributed by atoms with Crippen molar-refractivity contribution in [2.45, 2.75) is 5.16 Å². The summed E-state index contributed by atoms with van der Waals surface area (Å²) in [4.78, 5) is 10.5. The maximum Gasteiger partial charge on any atom is 0.313 e. The zero-order valence-electron chi connectivity index (χ0n) is 9.08. The molecule has 0 aliphatic rings. The summed E-state index contributed by atoms with van der Waals surface area (Å²) in [6.07, 6.45) is 0. The number of thioether (sulfide) groups is 1. The van der Waals surface area contributed by atoms with E-state index in [2.05, 4.69) is 32.8 Å². The number of hydrogen-bond donors (Lipinski definition) is 2. The van der Waals surface area contributed by atoms with Crippen LogP contribution < -0.4 is 5.84 Å². The zero-order chi connectivity index (χ0) is 13.1. The Morgan fingerprint density at radius 3 is 2.94 bits per heavy atom. The van der Waals surface area contributed by atoms with Crippen molar-refractivity contribution in [2.24, 2.45) is 0 Å². The van der Waals surface area contributed by atoms with Gasteiger partial charge in [0, 0.05) is 9.13 Å². The van der Waals surface area contributed by atoms with Crippen LogP contribution in [0.3, 0.4) is 0 Å². The maximum absolute atomic E-state index is 10.5. The largest absolute Gasteiger partial charge is 0.481 e. The van der Waals surface area contributed by atoms with Crippen molar-refractivity contribution in [3.8, 4) is 11.4 Å². The average molecular weight is 376 g/mol. The number of rotatable bonds is 4. The molecule has 0 amide bonds. The number of nitrogen functional groups attached to an aromatic ring is 1. The molecular weight excluding hydrogens is 367 g/mol. The number of hydrogen-bond acceptors (Lipinski definition) is 5. The summed E-state index contributed by atoms with van der Waals surface area (Å²) in [6, 6.07) is 7.66. The predicted octanol–water partition coefficient (Wildman–Crippen LogP) is 1.44. The van der Waals surface area contributed by atoms with Gasteiger partial charge in [-0.1, -0.05) is 23.9 Å². The van der Waals surface area contributed by atoms with E-state index in [0.717, 1.165) is 20.9 Å². The summed E-state index contributed by atoms with van der Waals surface area (Å²) < 4.78 is 2.37. The molecule has 1 aromatic heterocycles. The lowest BCUT2D eigenvalue weighted by Crippen LogP contribution is -2.12. The Morgan fingerprint density at radius 2 is 2.28 bits per heavy atom. The molecule has 0 aliphatic heterocycles. The van der Waals surface area contributed by atoms with Crippen LogP contribution in [0, 0.1) is 3.57 Å². The number of carboxylic acid groups (broad SMARTS) is 1. The molecular formula is C10H9IN4O2S. The van der Waals surface area contributed by atoms with Gasteiger partial charge in [-0.05, 0) is 34.7 Å². The molecule has 0 atom stereocenters. The summed E-state index contributed by atoms with van der Waals surface area (Å²) in [5.74, 6) is 5.35. The molecule has 0 saturated heterocycles. The van der Waals surface area contributed by atoms with E-state index in [9.17, 15) is 4.79 Å². The first-order valence-electron chi connectivity index (χ1n) is 4.89. The van der Waals surface area contributed by atoms with E-state index in [-0.39, 0.29) is 5.75 Å². The Labute approximate surface area is 121 Å². The molecule has 0 spiro atoms. The fraction of sp³-hybridized carbons (Fsp3) is 0.100. The van der Waals surface area contributed by atoms with Crippen LogP contribution in [0.2, 0.25) is 0 Å². The number of benzene rings is 1. The van der Waals surface area contributed by atoms with Gasteiger partial charge >= 0.3 is 5.97 Å². The van der Waals surface area contributed by atoms with Crippen LogP contribution in [0.1, 0.15) is 0 Å². The van der Waals surface area contributed by atoms with Crippen molar-refractivity contribution in [1.82, 2.24) is 14.9 Å². The molecule has 0 bridgehead atoms. The van der Waals surface area contributed by atoms with Gasteiger partial charge in [-0.25, -0.2) is 4.68 Å². The number of nitrogens with zero attached hydrogens (tertiary/aromatic N) is 3. The van der Waals surface area contributed by atoms with Gasteiger partial charge in [-0.3, -0.25) is 4.79 Å². The monoisotopic (exact) mass is 376 g/mol. The fourth-order valence-electron chi connectivity index (χ4n) is 1.33. The third-order valence-electron chi connectivity index (χ3n) is 2.07. The third kappa shape index (κ3) is 2.93. The molecule has 8 heteroatoms. The van der Waals surface area contributed by atoms with Gasteiger partial charge in [0.15, 0.2) is 5.82 Å². The molecule has 0 aliphatic carbocycles. The summed E-state index contributed by atoms with van der Waals surface area (Å²) >= 11 is 3.23. The molecule has 0 fully saturated rings. The minimum Gasteiger partial charge on any atom is -0.481 e. The molecule has 1 heterocycles. The van der Waals surface area contributed by atoms with Gasteiger partial charge in [0.2, 0.25) is 5.16 Å². The van der Waals surface area contributed by atoms with Crippen LogP contribution in [0.15, 0.2) is 29.4 Å². The molecule has 6 nitrogen and oxygen atoms in total. The first-order valence-corrected chi connectivity index (χ1v) is 6.95. The van der Waals surface area contributed by atoms with Gasteiger partial charge < -0.3 is 10.9 Å². The Kier molecular flexibility index (Phi) is 4.07. The highest BCUT2D eigenvalue weighted by atomic mass is 127. The highest BCUT2D eigenvalue weighted by Gasteiger charge is 2.13. The normalized spacial score (nSPS) is 10.5. The van der Waals surface area contributed by atoms with Crippen LogP contribution in [0.4, 0.5) is 0 Å². The van der Waals surface area contributed by atoms with Crippen molar-refractivity contribution in [3.63, 3.8) is 0 Å². The number of aromatic nitrogens is 3. The fourth-order valence-corrected chi connectivity index (χ4v) is 2.45. The van der Waals surface area contributed by atoms with Crippen LogP contribution in [-0.2, 0) is 4.79 Å². The van der Waals surface area contributed by atoms with Crippen molar-refractivity contribution in [1.29, 1.82) is 0 Å². The van der Waals surface area contributed by atoms with Crippen molar-refractivity contribution in [3.05, 3.63) is 27.8 Å². The molecule has 0 radical (unpaired) electrons. The Hall–Kier alpha value is -1.29. The molecule has 0 saturated carbocycles. The van der Waals surface area contributed by atoms with E-state index in [4.69, 9.17) is 10.9 Å². The highest BCUT2D eigenvalue weighted by molar-refractivity contribution is 14.1. The summed E-state index contributed by atoms with van der Waals surface area (Å²) in [7, 11) is 0. The lowest BCUT2D eigenvalue weighted by Gasteiger charge is -2.03. The molecule has 3 N–H and O–H groups in total. The van der Waals surface area contributed by atoms with Crippen LogP contribution in [0.5, 0.6) is 0 Å². The van der Waals surface area contributed by atoms with E-state index >= 15 is 0 Å².